The molecule has 0 bridgehead atoms. The van der Waals surface area contributed by atoms with Gasteiger partial charge in [-0.25, -0.2) is 0 Å². The molecule has 0 unspecified atom stereocenters. The van der Waals surface area contributed by atoms with E-state index in [1.807, 2.05) is 0 Å². The third-order valence-electron chi connectivity index (χ3n) is 4.25. The molecule has 2 aliphatic carbocycles. The molecule has 0 nitrogen and oxygen atoms in total. The van der Waals surface area contributed by atoms with Crippen LogP contribution < -0.4 is 0 Å². The average Bonchev–Trinajstić information content (AvgIpc) is 2.23. The predicted molar refractivity (Wildman–Crippen MR) is 62.0 cm³/mol. The predicted octanol–water partition coefficient (Wildman–Crippen LogP) is 4.60. The Hall–Kier alpha value is 0. The maximum absolute atomic E-state index is 2.73. The number of hydrogen-bond donors (Lipinski definition) is 0. The zero-order chi connectivity index (χ0) is 9.80. The van der Waals surface area contributed by atoms with Crippen molar-refractivity contribution in [3.05, 3.63) is 6.42 Å². The Kier molecular flexibility index (Phi) is 3.89. The molecule has 2 saturated carbocycles. The van der Waals surface area contributed by atoms with Gasteiger partial charge in [0.25, 0.3) is 0 Å². The molecule has 2 aliphatic rings. The van der Waals surface area contributed by atoms with E-state index >= 15 is 0 Å². The summed E-state index contributed by atoms with van der Waals surface area (Å²) in [5.74, 6) is 2.97. The van der Waals surface area contributed by atoms with Gasteiger partial charge in [0.1, 0.15) is 0 Å². The van der Waals surface area contributed by atoms with Gasteiger partial charge in [-0.15, -0.1) is 0 Å². The third kappa shape index (κ3) is 3.00. The van der Waals surface area contributed by atoms with E-state index in [9.17, 15) is 0 Å². The molecule has 0 atom stereocenters. The molecule has 0 aromatic heterocycles. The van der Waals surface area contributed by atoms with Crippen molar-refractivity contribution < 1.29 is 0 Å². The molecule has 0 saturated heterocycles. The van der Waals surface area contributed by atoms with Crippen LogP contribution in [0.15, 0.2) is 0 Å². The molecule has 1 radical (unpaired) electrons. The second-order valence-electron chi connectivity index (χ2n) is 5.61. The Morgan fingerprint density at radius 1 is 0.714 bits per heavy atom. The van der Waals surface area contributed by atoms with Crippen molar-refractivity contribution in [2.45, 2.75) is 64.7 Å². The molecule has 2 rings (SSSR count). The van der Waals surface area contributed by atoms with Crippen LogP contribution in [0.5, 0.6) is 0 Å². The highest BCUT2D eigenvalue weighted by atomic mass is 14.3. The zero-order valence-electron chi connectivity index (χ0n) is 9.67. The Morgan fingerprint density at radius 2 is 1.29 bits per heavy atom. The van der Waals surface area contributed by atoms with Gasteiger partial charge in [0, 0.05) is 0 Å². The molecule has 0 amide bonds. The summed E-state index contributed by atoms with van der Waals surface area (Å²) in [7, 11) is 0. The SMILES string of the molecule is CC1CCC([CH]C2CCCCC2)CC1. The highest BCUT2D eigenvalue weighted by molar-refractivity contribution is 4.87. The lowest BCUT2D eigenvalue weighted by Crippen LogP contribution is -2.18. The topological polar surface area (TPSA) is 0 Å². The Balaban J connectivity index is 1.68. The van der Waals surface area contributed by atoms with Gasteiger partial charge >= 0.3 is 0 Å². The Morgan fingerprint density at radius 3 is 1.93 bits per heavy atom. The molecule has 0 heterocycles. The minimum absolute atomic E-state index is 0.981. The molecular weight excluding hydrogens is 168 g/mol. The zero-order valence-corrected chi connectivity index (χ0v) is 9.67. The maximum Gasteiger partial charge on any atom is -0.0324 e. The van der Waals surface area contributed by atoms with Gasteiger partial charge in [-0.1, -0.05) is 51.9 Å². The number of hydrogen-bond acceptors (Lipinski definition) is 0. The van der Waals surface area contributed by atoms with Crippen LogP contribution in [0.1, 0.15) is 64.7 Å². The molecule has 0 aliphatic heterocycles. The molecule has 0 spiro atoms. The molecular formula is C14H25. The first-order valence-corrected chi connectivity index (χ1v) is 6.69. The van der Waals surface area contributed by atoms with Crippen LogP contribution in [0.2, 0.25) is 0 Å². The van der Waals surface area contributed by atoms with Crippen LogP contribution in [0.3, 0.4) is 0 Å². The quantitative estimate of drug-likeness (QED) is 0.601. The lowest BCUT2D eigenvalue weighted by molar-refractivity contribution is 0.279. The lowest BCUT2D eigenvalue weighted by Gasteiger charge is -2.30. The normalized spacial score (nSPS) is 35.8. The lowest BCUT2D eigenvalue weighted by atomic mass is 9.75. The number of rotatable bonds is 2. The maximum atomic E-state index is 2.73. The summed E-state index contributed by atoms with van der Waals surface area (Å²) in [5, 5.41) is 0. The van der Waals surface area contributed by atoms with E-state index in [4.69, 9.17) is 0 Å². The fraction of sp³-hybridized carbons (Fsp3) is 0.929. The van der Waals surface area contributed by atoms with Gasteiger partial charge in [-0.2, -0.15) is 0 Å². The van der Waals surface area contributed by atoms with Gasteiger partial charge in [0.2, 0.25) is 0 Å². The van der Waals surface area contributed by atoms with Crippen molar-refractivity contribution in [1.82, 2.24) is 0 Å². The van der Waals surface area contributed by atoms with E-state index in [1.54, 1.807) is 0 Å². The van der Waals surface area contributed by atoms with Crippen molar-refractivity contribution in [2.24, 2.45) is 17.8 Å². The highest BCUT2D eigenvalue weighted by Crippen LogP contribution is 2.35. The van der Waals surface area contributed by atoms with Crippen molar-refractivity contribution >= 4 is 0 Å². The first kappa shape index (κ1) is 10.5. The average molecular weight is 193 g/mol. The van der Waals surface area contributed by atoms with Gasteiger partial charge in [-0.3, -0.25) is 0 Å². The van der Waals surface area contributed by atoms with Gasteiger partial charge < -0.3 is 0 Å². The van der Waals surface area contributed by atoms with E-state index in [-0.39, 0.29) is 0 Å². The summed E-state index contributed by atoms with van der Waals surface area (Å²) in [6, 6.07) is 0. The molecule has 0 aromatic carbocycles. The van der Waals surface area contributed by atoms with Crippen LogP contribution in [0.25, 0.3) is 0 Å². The fourth-order valence-corrected chi connectivity index (χ4v) is 3.19. The molecule has 14 heavy (non-hydrogen) atoms. The van der Waals surface area contributed by atoms with E-state index < -0.39 is 0 Å². The molecule has 0 N–H and O–H groups in total. The van der Waals surface area contributed by atoms with Crippen molar-refractivity contribution in [2.75, 3.05) is 0 Å². The minimum atomic E-state index is 0.981. The summed E-state index contributed by atoms with van der Waals surface area (Å²) in [6.07, 6.45) is 16.1. The first-order chi connectivity index (χ1) is 6.84. The van der Waals surface area contributed by atoms with Crippen molar-refractivity contribution in [3.63, 3.8) is 0 Å². The van der Waals surface area contributed by atoms with E-state index in [0.717, 1.165) is 17.8 Å². The largest absolute Gasteiger partial charge is 0.0625 e. The smallest absolute Gasteiger partial charge is 0.0324 e. The second-order valence-corrected chi connectivity index (χ2v) is 5.61. The molecule has 0 aromatic rings. The monoisotopic (exact) mass is 193 g/mol. The van der Waals surface area contributed by atoms with E-state index in [0.29, 0.717) is 0 Å². The Bertz CT molecular complexity index is 147. The fourth-order valence-electron chi connectivity index (χ4n) is 3.19. The van der Waals surface area contributed by atoms with Crippen LogP contribution in [0.4, 0.5) is 0 Å². The second kappa shape index (κ2) is 5.19. The van der Waals surface area contributed by atoms with Crippen LogP contribution in [-0.4, -0.2) is 0 Å². The molecule has 2 fully saturated rings. The summed E-state index contributed by atoms with van der Waals surface area (Å²) >= 11 is 0. The standard InChI is InChI=1S/C14H25/c1-12-7-9-14(10-8-12)11-13-5-3-2-4-6-13/h11-14H,2-10H2,1H3. The highest BCUT2D eigenvalue weighted by Gasteiger charge is 2.22. The van der Waals surface area contributed by atoms with Crippen LogP contribution in [0, 0.1) is 24.2 Å². The summed E-state index contributed by atoms with van der Waals surface area (Å²) in [4.78, 5) is 0. The van der Waals surface area contributed by atoms with Crippen LogP contribution in [-0.2, 0) is 0 Å². The first-order valence-electron chi connectivity index (χ1n) is 6.69. The molecule has 81 valence electrons. The van der Waals surface area contributed by atoms with E-state index in [1.165, 1.54) is 57.8 Å². The summed E-state index contributed by atoms with van der Waals surface area (Å²) < 4.78 is 0. The Labute approximate surface area is 89.5 Å². The molecule has 0 heteroatoms. The summed E-state index contributed by atoms with van der Waals surface area (Å²) in [5.41, 5.74) is 0. The summed E-state index contributed by atoms with van der Waals surface area (Å²) in [6.45, 7) is 2.41. The van der Waals surface area contributed by atoms with Gasteiger partial charge in [0.05, 0.1) is 0 Å². The van der Waals surface area contributed by atoms with Gasteiger partial charge in [0.15, 0.2) is 0 Å². The van der Waals surface area contributed by atoms with Crippen molar-refractivity contribution in [1.29, 1.82) is 0 Å². The van der Waals surface area contributed by atoms with Gasteiger partial charge in [-0.05, 0) is 37.0 Å². The van der Waals surface area contributed by atoms with Crippen molar-refractivity contribution in [3.8, 4) is 0 Å². The van der Waals surface area contributed by atoms with Crippen LogP contribution >= 0.6 is 0 Å². The minimum Gasteiger partial charge on any atom is -0.0625 e. The van der Waals surface area contributed by atoms with E-state index in [2.05, 4.69) is 13.3 Å². The third-order valence-corrected chi connectivity index (χ3v) is 4.25.